The van der Waals surface area contributed by atoms with Crippen LogP contribution in [0.4, 0.5) is 52.7 Å². The molecule has 0 saturated heterocycles. The van der Waals surface area contributed by atoms with Gasteiger partial charge in [-0.15, -0.1) is 0 Å². The molecule has 0 N–H and O–H groups in total. The van der Waals surface area contributed by atoms with Crippen LogP contribution in [-0.4, -0.2) is 329 Å². The van der Waals surface area contributed by atoms with Gasteiger partial charge in [-0.25, -0.2) is 53.4 Å². The molecule has 23 nitrogen and oxygen atoms in total. The van der Waals surface area contributed by atoms with Crippen LogP contribution >= 0.6 is 15.9 Å². The molecule has 6 aromatic heterocycles. The molecular formula is C84H79BrF12K7N11O12S3. The van der Waals surface area contributed by atoms with E-state index >= 15 is 0 Å². The summed E-state index contributed by atoms with van der Waals surface area (Å²) in [7, 11) is -10.7. The Balaban J connectivity index is 0.000000488. The van der Waals surface area contributed by atoms with Gasteiger partial charge < -0.3 is 16.1 Å². The van der Waals surface area contributed by atoms with Crippen molar-refractivity contribution in [3.05, 3.63) is 291 Å². The number of pyridine rings is 3. The minimum absolute atomic E-state index is 0. The molecule has 0 aliphatic heterocycles. The summed E-state index contributed by atoms with van der Waals surface area (Å²) in [5, 5.41) is 18.4. The second-order valence-electron chi connectivity index (χ2n) is 27.6. The van der Waals surface area contributed by atoms with Crippen LogP contribution < -0.4 is 68.1 Å². The third kappa shape index (κ3) is 34.1. The maximum atomic E-state index is 13.9. The zero-order chi connectivity index (χ0) is 95.9. The van der Waals surface area contributed by atoms with Gasteiger partial charge in [-0.1, -0.05) is 88.9 Å². The molecule has 0 aliphatic rings. The predicted molar refractivity (Wildman–Crippen MR) is 473 cm³/mol. The number of alkyl halides is 9. The number of hydrogen-bond acceptors (Lipinski definition) is 17. The molecule has 2 unspecified atom stereocenters. The van der Waals surface area contributed by atoms with Crippen molar-refractivity contribution in [1.82, 2.24) is 42.9 Å². The first-order chi connectivity index (χ1) is 60.2. The molecular weight excluding hydrogens is 2030 g/mol. The van der Waals surface area contributed by atoms with Crippen molar-refractivity contribution in [2.75, 3.05) is 54.2 Å². The second kappa shape index (κ2) is 56.4. The van der Waals surface area contributed by atoms with Gasteiger partial charge in [0, 0.05) is 55.5 Å². The number of hydrogen-bond donors (Lipinski definition) is 0. The van der Waals surface area contributed by atoms with Gasteiger partial charge in [0.05, 0.1) is 123 Å². The van der Waals surface area contributed by atoms with Crippen LogP contribution in [0.3, 0.4) is 0 Å². The standard InChI is InChI=1S/2C30H26F4N4O4S.C23H22BrF4N3O4S.CH4.7K.H/c2*1-3-43(41,42)15-14-37(26(39)17-21-9-12-24(31)23(16-21)30(32,33)34)19(2)28-27(22-10-7-20(18-35)8-11-22)29(40)38-13-5-4-6-25(38)36-28;1-3-36(34,35)11-10-30(19(32)13-15-7-8-17(25)16(12-15)23(26,27)28)14(2)21-20(24)22(33)31-9-5-4-6-18(31)29-21;;;;;;;;;/h2*4-13,16,19H,3,14-15,17H2,1-2H3;4-9,12,14H,3,10-11,13H2,1-2H3;1H4;;;;;;;;/q;;;;;;;;;;+1;-1/t19-;;;;;;;;;;;/m1.........../s1. The first kappa shape index (κ1) is 122. The fraction of sp³-hybridized carbons (Fsp3) is 0.298. The van der Waals surface area contributed by atoms with E-state index in [0.29, 0.717) is 58.7 Å². The SMILES string of the molecule is C.CCS(=O)(=O)CCN(C(=O)Cc1ccc(F)c(C(F)(F)F)c1)C(C)c1nc2ccccn2c(=O)c1-c1ccc(C#N)cc1.CCS(=O)(=O)CCN(C(=O)Cc1ccc(F)c(C(F)(F)F)c1)C(C)c1nc2ccccn2c(=O)c1Br.CCS(=O)(=O)CCN(C(=O)Cc1ccc(F)c(C(F)(F)F)c1)[C@H](C)c1nc2ccccn2c(=O)c1-c1ccc(C#N)cc1.[H-].[K+].[K][K].[K][K].[K][K]. The van der Waals surface area contributed by atoms with E-state index < -0.39 is 171 Å². The molecule has 0 saturated carbocycles. The van der Waals surface area contributed by atoms with E-state index in [1.54, 1.807) is 78.9 Å². The van der Waals surface area contributed by atoms with Crippen molar-refractivity contribution >= 4 is 270 Å². The molecule has 0 bridgehead atoms. The van der Waals surface area contributed by atoms with Crippen LogP contribution in [0.5, 0.6) is 0 Å². The summed E-state index contributed by atoms with van der Waals surface area (Å²) in [6, 6.07) is 34.5. The van der Waals surface area contributed by atoms with Crippen molar-refractivity contribution in [3.8, 4) is 34.4 Å². The Morgan fingerprint density at radius 2 is 0.685 bits per heavy atom. The van der Waals surface area contributed by atoms with Gasteiger partial charge in [0.2, 0.25) is 17.7 Å². The van der Waals surface area contributed by atoms with Crippen LogP contribution in [0.15, 0.2) is 195 Å². The first-order valence-electron chi connectivity index (χ1n) is 40.0. The maximum absolute atomic E-state index is 13.9. The summed E-state index contributed by atoms with van der Waals surface area (Å²) >= 11 is 10.7. The summed E-state index contributed by atoms with van der Waals surface area (Å²) in [6.45, 7) is 7.98. The monoisotopic (exact) mass is 2110 g/mol. The average Bonchev–Trinajstić information content (AvgIpc) is 0.754. The van der Waals surface area contributed by atoms with Crippen molar-refractivity contribution in [3.63, 3.8) is 0 Å². The molecule has 0 radical (unpaired) electrons. The van der Waals surface area contributed by atoms with Crippen LogP contribution in [0.25, 0.3) is 39.2 Å². The van der Waals surface area contributed by atoms with E-state index in [1.165, 1.54) is 287 Å². The number of amides is 3. The van der Waals surface area contributed by atoms with Crippen LogP contribution in [0.1, 0.15) is 130 Å². The number of nitrogens with zero attached hydrogens (tertiary/aromatic N) is 11. The van der Waals surface area contributed by atoms with E-state index in [9.17, 15) is 117 Å². The number of fused-ring (bicyclic) bond motifs is 3. The van der Waals surface area contributed by atoms with Crippen LogP contribution in [-0.2, 0) is 81.7 Å². The van der Waals surface area contributed by atoms with Gasteiger partial charge in [-0.05, 0) is 162 Å². The first-order valence-corrected chi connectivity index (χ1v) is 94.3. The molecule has 11 rings (SSSR count). The molecule has 3 atom stereocenters. The number of nitriles is 2. The summed E-state index contributed by atoms with van der Waals surface area (Å²) in [5.41, 5.74) is -3.54. The van der Waals surface area contributed by atoms with Gasteiger partial charge >= 0.3 is 259 Å². The van der Waals surface area contributed by atoms with Crippen LogP contribution in [0.2, 0.25) is 0 Å². The second-order valence-corrected chi connectivity index (χ2v) is 35.8. The van der Waals surface area contributed by atoms with Gasteiger partial charge in [0.1, 0.15) is 38.9 Å². The fourth-order valence-electron chi connectivity index (χ4n) is 12.9. The van der Waals surface area contributed by atoms with Crippen molar-refractivity contribution in [1.29, 1.82) is 10.5 Å². The molecule has 658 valence electrons. The van der Waals surface area contributed by atoms with E-state index in [-0.39, 0.29) is 163 Å². The van der Waals surface area contributed by atoms with Crippen molar-refractivity contribution in [2.45, 2.75) is 105 Å². The Bertz CT molecular complexity index is 6220. The normalized spacial score (nSPS) is 12.1. The zero-order valence-electron chi connectivity index (χ0n) is 73.4. The number of aromatic nitrogens is 6. The Kier molecular flexibility index (Phi) is 52.8. The number of rotatable bonds is 26. The Hall–Kier alpha value is -0.485. The molecule has 46 heteroatoms. The van der Waals surface area contributed by atoms with E-state index in [2.05, 4.69) is 30.9 Å². The minimum atomic E-state index is -4.99. The Labute approximate surface area is 931 Å². The number of sulfone groups is 3. The number of benzene rings is 5. The summed E-state index contributed by atoms with van der Waals surface area (Å²) < 4.78 is 239. The van der Waals surface area contributed by atoms with Crippen molar-refractivity contribution in [2.24, 2.45) is 0 Å². The van der Waals surface area contributed by atoms with E-state index in [0.717, 1.165) is 32.9 Å². The van der Waals surface area contributed by atoms with Crippen molar-refractivity contribution < 1.29 is 145 Å². The molecule has 5 aromatic carbocycles. The topological polar surface area (TPSA) is 314 Å². The van der Waals surface area contributed by atoms with Gasteiger partial charge in [-0.3, -0.25) is 42.0 Å². The summed E-state index contributed by atoms with van der Waals surface area (Å²) in [5.74, 6) is -8.55. The molecule has 130 heavy (non-hydrogen) atoms. The van der Waals surface area contributed by atoms with E-state index in [4.69, 9.17) is 0 Å². The number of halogens is 13. The zero-order valence-corrected chi connectivity index (χ0v) is 98.3. The van der Waals surface area contributed by atoms with Gasteiger partial charge in [-0.2, -0.15) is 50.0 Å². The van der Waals surface area contributed by atoms with Gasteiger partial charge in [0.25, 0.3) is 16.7 Å². The van der Waals surface area contributed by atoms with Crippen LogP contribution in [0, 0.1) is 40.1 Å². The third-order valence-corrected chi connectivity index (χ3v) is 25.5. The predicted octanol–water partition coefficient (Wildman–Crippen LogP) is 9.57. The quantitative estimate of drug-likeness (QED) is 0.0360. The third-order valence-electron chi connectivity index (χ3n) is 19.7. The van der Waals surface area contributed by atoms with E-state index in [1.807, 2.05) is 12.1 Å². The Morgan fingerprint density at radius 3 is 0.938 bits per heavy atom. The molecule has 0 spiro atoms. The number of carbonyl (C=O) groups excluding carboxylic acids is 3. The Morgan fingerprint density at radius 1 is 0.431 bits per heavy atom. The number of carbonyl (C=O) groups is 3. The summed E-state index contributed by atoms with van der Waals surface area (Å²) in [6.07, 6.45) is -12.1. The molecule has 3 amide bonds. The fourth-order valence-corrected chi connectivity index (χ4v) is 15.8. The molecule has 0 aliphatic carbocycles. The molecule has 6 heterocycles. The van der Waals surface area contributed by atoms with Gasteiger partial charge in [0.15, 0.2) is 29.5 Å². The average molecular weight is 2110 g/mol. The molecule has 0 fully saturated rings. The summed E-state index contributed by atoms with van der Waals surface area (Å²) in [4.78, 5) is 98.1. The molecule has 11 aromatic rings.